The van der Waals surface area contributed by atoms with E-state index < -0.39 is 0 Å². The molecule has 0 aliphatic carbocycles. The first-order chi connectivity index (χ1) is 11.0. The number of aryl methyl sites for hydroxylation is 1. The number of esters is 1. The van der Waals surface area contributed by atoms with Crippen molar-refractivity contribution in [2.45, 2.75) is 33.2 Å². The molecule has 0 spiro atoms. The van der Waals surface area contributed by atoms with Crippen LogP contribution in [0.3, 0.4) is 0 Å². The quantitative estimate of drug-likeness (QED) is 0.770. The largest absolute Gasteiger partial charge is 0.466 e. The zero-order valence-electron chi connectivity index (χ0n) is 12.8. The Morgan fingerprint density at radius 3 is 2.91 bits per heavy atom. The number of hydrogen-bond donors (Lipinski definition) is 1. The molecule has 7 nitrogen and oxygen atoms in total. The third kappa shape index (κ3) is 5.04. The van der Waals surface area contributed by atoms with Gasteiger partial charge in [0.15, 0.2) is 5.13 Å². The van der Waals surface area contributed by atoms with Gasteiger partial charge in [-0.1, -0.05) is 11.6 Å². The second-order valence-electron chi connectivity index (χ2n) is 4.73. The number of carbonyl (C=O) groups is 2. The molecule has 124 valence electrons. The molecule has 0 radical (unpaired) electrons. The van der Waals surface area contributed by atoms with Crippen molar-refractivity contribution in [2.24, 2.45) is 0 Å². The van der Waals surface area contributed by atoms with Crippen LogP contribution < -0.4 is 5.32 Å². The highest BCUT2D eigenvalue weighted by Crippen LogP contribution is 2.17. The van der Waals surface area contributed by atoms with Crippen molar-refractivity contribution in [3.8, 4) is 0 Å². The molecular weight excluding hydrogens is 340 g/mol. The SMILES string of the molecule is CCOC(=O)Cc1csc(NC(=O)CCn2ncc(Cl)c2C)n1. The fourth-order valence-electron chi connectivity index (χ4n) is 1.84. The minimum atomic E-state index is -0.332. The highest BCUT2D eigenvalue weighted by molar-refractivity contribution is 7.13. The molecule has 0 saturated carbocycles. The van der Waals surface area contributed by atoms with E-state index in [1.54, 1.807) is 23.2 Å². The minimum Gasteiger partial charge on any atom is -0.466 e. The lowest BCUT2D eigenvalue weighted by Gasteiger charge is -2.04. The number of carbonyl (C=O) groups excluding carboxylic acids is 2. The van der Waals surface area contributed by atoms with Crippen LogP contribution in [-0.4, -0.2) is 33.2 Å². The monoisotopic (exact) mass is 356 g/mol. The summed E-state index contributed by atoms with van der Waals surface area (Å²) in [4.78, 5) is 27.5. The Kier molecular flexibility index (Phi) is 6.12. The number of amides is 1. The second kappa shape index (κ2) is 8.07. The summed E-state index contributed by atoms with van der Waals surface area (Å²) in [6.45, 7) is 4.36. The predicted octanol–water partition coefficient (Wildman–Crippen LogP) is 2.44. The van der Waals surface area contributed by atoms with Gasteiger partial charge in [0.25, 0.3) is 0 Å². The third-order valence-electron chi connectivity index (χ3n) is 3.02. The van der Waals surface area contributed by atoms with E-state index in [2.05, 4.69) is 15.4 Å². The van der Waals surface area contributed by atoms with Crippen molar-refractivity contribution in [3.63, 3.8) is 0 Å². The van der Waals surface area contributed by atoms with Crippen molar-refractivity contribution in [3.05, 3.63) is 28.0 Å². The molecule has 1 amide bonds. The molecule has 0 atom stereocenters. The first-order valence-corrected chi connectivity index (χ1v) is 8.33. The van der Waals surface area contributed by atoms with Gasteiger partial charge in [-0.05, 0) is 13.8 Å². The van der Waals surface area contributed by atoms with Gasteiger partial charge in [-0.3, -0.25) is 14.3 Å². The maximum atomic E-state index is 11.9. The lowest BCUT2D eigenvalue weighted by molar-refractivity contribution is -0.142. The van der Waals surface area contributed by atoms with Crippen LogP contribution in [0, 0.1) is 6.92 Å². The molecule has 2 aromatic heterocycles. The molecule has 0 saturated heterocycles. The lowest BCUT2D eigenvalue weighted by atomic mass is 10.3. The average Bonchev–Trinajstić information content (AvgIpc) is 3.05. The van der Waals surface area contributed by atoms with Gasteiger partial charge in [0.2, 0.25) is 5.91 Å². The van der Waals surface area contributed by atoms with Crippen LogP contribution in [0.15, 0.2) is 11.6 Å². The molecule has 0 fully saturated rings. The van der Waals surface area contributed by atoms with Gasteiger partial charge in [-0.25, -0.2) is 4.98 Å². The van der Waals surface area contributed by atoms with E-state index in [0.29, 0.717) is 29.0 Å². The Morgan fingerprint density at radius 2 is 2.26 bits per heavy atom. The van der Waals surface area contributed by atoms with Crippen molar-refractivity contribution < 1.29 is 14.3 Å². The van der Waals surface area contributed by atoms with E-state index in [4.69, 9.17) is 16.3 Å². The van der Waals surface area contributed by atoms with Crippen molar-refractivity contribution in [1.82, 2.24) is 14.8 Å². The van der Waals surface area contributed by atoms with Crippen LogP contribution in [0.4, 0.5) is 5.13 Å². The van der Waals surface area contributed by atoms with Gasteiger partial charge < -0.3 is 10.1 Å². The average molecular weight is 357 g/mol. The van der Waals surface area contributed by atoms with Crippen LogP contribution in [0.25, 0.3) is 0 Å². The van der Waals surface area contributed by atoms with Gasteiger partial charge >= 0.3 is 5.97 Å². The van der Waals surface area contributed by atoms with Gasteiger partial charge in [0.05, 0.1) is 42.2 Å². The predicted molar refractivity (Wildman–Crippen MR) is 87.7 cm³/mol. The highest BCUT2D eigenvalue weighted by Gasteiger charge is 2.11. The van der Waals surface area contributed by atoms with E-state index in [9.17, 15) is 9.59 Å². The minimum absolute atomic E-state index is 0.102. The molecule has 23 heavy (non-hydrogen) atoms. The zero-order valence-corrected chi connectivity index (χ0v) is 14.4. The zero-order chi connectivity index (χ0) is 16.8. The summed E-state index contributed by atoms with van der Waals surface area (Å²) in [5.41, 5.74) is 1.41. The Bertz CT molecular complexity index is 698. The molecule has 0 aromatic carbocycles. The maximum absolute atomic E-state index is 11.9. The van der Waals surface area contributed by atoms with E-state index in [-0.39, 0.29) is 24.7 Å². The van der Waals surface area contributed by atoms with Crippen LogP contribution >= 0.6 is 22.9 Å². The number of nitrogens with zero attached hydrogens (tertiary/aromatic N) is 3. The first kappa shape index (κ1) is 17.4. The summed E-state index contributed by atoms with van der Waals surface area (Å²) in [6.07, 6.45) is 1.91. The fraction of sp³-hybridized carbons (Fsp3) is 0.429. The summed E-state index contributed by atoms with van der Waals surface area (Å²) in [5.74, 6) is -0.505. The topological polar surface area (TPSA) is 86.1 Å². The molecule has 0 aliphatic rings. The van der Waals surface area contributed by atoms with Gasteiger partial charge in [0.1, 0.15) is 0 Å². The normalized spacial score (nSPS) is 10.6. The van der Waals surface area contributed by atoms with E-state index in [1.165, 1.54) is 11.3 Å². The molecule has 2 aromatic rings. The Hall–Kier alpha value is -1.93. The molecule has 0 aliphatic heterocycles. The lowest BCUT2D eigenvalue weighted by Crippen LogP contribution is -2.15. The van der Waals surface area contributed by atoms with Gasteiger partial charge in [-0.15, -0.1) is 11.3 Å². The maximum Gasteiger partial charge on any atom is 0.311 e. The van der Waals surface area contributed by atoms with Crippen molar-refractivity contribution >= 4 is 39.9 Å². The summed E-state index contributed by atoms with van der Waals surface area (Å²) >= 11 is 7.18. The van der Waals surface area contributed by atoms with Crippen LogP contribution in [-0.2, 0) is 27.3 Å². The number of thiazole rings is 1. The van der Waals surface area contributed by atoms with Crippen LogP contribution in [0.5, 0.6) is 0 Å². The highest BCUT2D eigenvalue weighted by atomic mass is 35.5. The molecule has 1 N–H and O–H groups in total. The summed E-state index contributed by atoms with van der Waals surface area (Å²) in [7, 11) is 0. The molecule has 9 heteroatoms. The third-order valence-corrected chi connectivity index (χ3v) is 4.20. The van der Waals surface area contributed by atoms with E-state index in [1.807, 2.05) is 6.92 Å². The first-order valence-electron chi connectivity index (χ1n) is 7.07. The summed E-state index contributed by atoms with van der Waals surface area (Å²) < 4.78 is 6.53. The smallest absolute Gasteiger partial charge is 0.311 e. The van der Waals surface area contributed by atoms with Crippen LogP contribution in [0.1, 0.15) is 24.7 Å². The molecule has 2 heterocycles. The molecular formula is C14H17ClN4O3S. The number of hydrogen-bond acceptors (Lipinski definition) is 6. The Morgan fingerprint density at radius 1 is 1.48 bits per heavy atom. The fourth-order valence-corrected chi connectivity index (χ4v) is 2.71. The van der Waals surface area contributed by atoms with E-state index >= 15 is 0 Å². The van der Waals surface area contributed by atoms with Crippen molar-refractivity contribution in [1.29, 1.82) is 0 Å². The number of rotatable bonds is 7. The number of anilines is 1. The second-order valence-corrected chi connectivity index (χ2v) is 5.99. The number of aromatic nitrogens is 3. The van der Waals surface area contributed by atoms with Crippen LogP contribution in [0.2, 0.25) is 5.02 Å². The molecule has 0 unspecified atom stereocenters. The standard InChI is InChI=1S/C14H17ClN4O3S/c1-3-22-13(21)6-10-8-23-14(17-10)18-12(20)4-5-19-9(2)11(15)7-16-19/h7-8H,3-6H2,1-2H3,(H,17,18,20). The van der Waals surface area contributed by atoms with Gasteiger partial charge in [-0.2, -0.15) is 5.10 Å². The Labute approximate surface area is 142 Å². The van der Waals surface area contributed by atoms with Gasteiger partial charge in [0, 0.05) is 11.8 Å². The molecule has 2 rings (SSSR count). The summed E-state index contributed by atoms with van der Waals surface area (Å²) in [5, 5.41) is 9.56. The number of nitrogens with one attached hydrogen (secondary N) is 1. The summed E-state index contributed by atoms with van der Waals surface area (Å²) in [6, 6.07) is 0. The number of ether oxygens (including phenoxy) is 1. The molecule has 0 bridgehead atoms. The Balaban J connectivity index is 1.82. The van der Waals surface area contributed by atoms with Crippen molar-refractivity contribution in [2.75, 3.05) is 11.9 Å². The van der Waals surface area contributed by atoms with E-state index in [0.717, 1.165) is 5.69 Å². The number of halogens is 1.